The first-order chi connectivity index (χ1) is 8.80. The molecule has 1 rings (SSSR count). The van der Waals surface area contributed by atoms with Crippen molar-refractivity contribution >= 4 is 17.7 Å². The van der Waals surface area contributed by atoms with Gasteiger partial charge in [0.25, 0.3) is 5.91 Å². The largest absolute Gasteiger partial charge is 0.388 e. The second-order valence-corrected chi connectivity index (χ2v) is 5.38. The lowest BCUT2D eigenvalue weighted by atomic mass is 10.0. The number of hydrogen-bond acceptors (Lipinski definition) is 5. The van der Waals surface area contributed by atoms with Crippen molar-refractivity contribution in [2.24, 2.45) is 0 Å². The Bertz CT molecular complexity index is 525. The molecule has 106 valence electrons. The number of aromatic amines is 1. The highest BCUT2D eigenvalue weighted by Gasteiger charge is 2.22. The number of H-pyrrole nitrogens is 1. The van der Waals surface area contributed by atoms with Crippen LogP contribution in [0, 0.1) is 6.92 Å². The molecule has 1 atom stereocenters. The van der Waals surface area contributed by atoms with Crippen LogP contribution < -0.4 is 11.0 Å². The van der Waals surface area contributed by atoms with Crippen LogP contribution in [0.1, 0.15) is 36.3 Å². The number of nitrogens with one attached hydrogen (secondary N) is 2. The number of aromatic nitrogens is 2. The van der Waals surface area contributed by atoms with Crippen molar-refractivity contribution in [3.8, 4) is 0 Å². The summed E-state index contributed by atoms with van der Waals surface area (Å²) in [6.07, 6.45) is 2.28. The van der Waals surface area contributed by atoms with Gasteiger partial charge in [0.05, 0.1) is 11.2 Å². The molecule has 0 saturated carbocycles. The second-order valence-electron chi connectivity index (χ2n) is 4.58. The van der Waals surface area contributed by atoms with Crippen molar-refractivity contribution < 1.29 is 9.90 Å². The molecule has 0 spiro atoms. The van der Waals surface area contributed by atoms with Crippen molar-refractivity contribution in [3.05, 3.63) is 21.7 Å². The summed E-state index contributed by atoms with van der Waals surface area (Å²) in [6.45, 7) is 5.29. The molecule has 0 bridgehead atoms. The fourth-order valence-corrected chi connectivity index (χ4v) is 2.08. The van der Waals surface area contributed by atoms with Gasteiger partial charge in [-0.1, -0.05) is 6.92 Å². The van der Waals surface area contributed by atoms with E-state index >= 15 is 0 Å². The average Bonchev–Trinajstić information content (AvgIpc) is 2.35. The van der Waals surface area contributed by atoms with Crippen LogP contribution in [0.5, 0.6) is 0 Å². The van der Waals surface area contributed by atoms with Gasteiger partial charge in [0, 0.05) is 12.2 Å². The lowest BCUT2D eigenvalue weighted by molar-refractivity contribution is 0.0517. The standard InChI is InChI=1S/C12H19N3O3S/c1-5-12(3,18)6-13-9(16)8-7(2)14-11(17)15-10(8)19-4/h18H,5-6H2,1-4H3,(H,13,16)(H,14,15,17). The Labute approximate surface area is 116 Å². The molecular formula is C12H19N3O3S. The summed E-state index contributed by atoms with van der Waals surface area (Å²) in [5.41, 5.74) is -0.602. The minimum atomic E-state index is -0.946. The van der Waals surface area contributed by atoms with Crippen LogP contribution in [0.15, 0.2) is 9.82 Å². The van der Waals surface area contributed by atoms with E-state index in [1.54, 1.807) is 20.1 Å². The fraction of sp³-hybridized carbons (Fsp3) is 0.583. The molecule has 0 aliphatic heterocycles. The maximum atomic E-state index is 12.1. The summed E-state index contributed by atoms with van der Waals surface area (Å²) in [7, 11) is 0. The van der Waals surface area contributed by atoms with Gasteiger partial charge in [-0.2, -0.15) is 4.98 Å². The highest BCUT2D eigenvalue weighted by molar-refractivity contribution is 7.98. The van der Waals surface area contributed by atoms with Gasteiger partial charge in [-0.3, -0.25) is 4.79 Å². The van der Waals surface area contributed by atoms with Gasteiger partial charge >= 0.3 is 5.69 Å². The van der Waals surface area contributed by atoms with Crippen molar-refractivity contribution in [2.75, 3.05) is 12.8 Å². The Morgan fingerprint density at radius 1 is 1.58 bits per heavy atom. The van der Waals surface area contributed by atoms with Gasteiger partial charge in [0.15, 0.2) is 0 Å². The zero-order chi connectivity index (χ0) is 14.6. The average molecular weight is 285 g/mol. The van der Waals surface area contributed by atoms with E-state index in [0.717, 1.165) is 0 Å². The van der Waals surface area contributed by atoms with Crippen LogP contribution in [0.3, 0.4) is 0 Å². The van der Waals surface area contributed by atoms with E-state index in [9.17, 15) is 14.7 Å². The minimum Gasteiger partial charge on any atom is -0.388 e. The fourth-order valence-electron chi connectivity index (χ4n) is 1.46. The summed E-state index contributed by atoms with van der Waals surface area (Å²) in [6, 6.07) is 0. The number of aliphatic hydroxyl groups is 1. The van der Waals surface area contributed by atoms with Crippen LogP contribution in [-0.4, -0.2) is 39.4 Å². The van der Waals surface area contributed by atoms with Gasteiger partial charge in [0.1, 0.15) is 5.03 Å². The topological polar surface area (TPSA) is 95.1 Å². The second kappa shape index (κ2) is 6.21. The van der Waals surface area contributed by atoms with E-state index < -0.39 is 11.3 Å². The Morgan fingerprint density at radius 2 is 2.21 bits per heavy atom. The molecule has 1 aromatic rings. The van der Waals surface area contributed by atoms with Crippen LogP contribution in [0.4, 0.5) is 0 Å². The van der Waals surface area contributed by atoms with E-state index in [1.165, 1.54) is 11.8 Å². The third-order valence-electron chi connectivity index (χ3n) is 2.90. The molecule has 0 aliphatic carbocycles. The van der Waals surface area contributed by atoms with E-state index in [4.69, 9.17) is 0 Å². The molecule has 0 radical (unpaired) electrons. The van der Waals surface area contributed by atoms with Gasteiger partial charge in [-0.25, -0.2) is 4.79 Å². The lowest BCUT2D eigenvalue weighted by Crippen LogP contribution is -2.40. The molecule has 0 aromatic carbocycles. The maximum absolute atomic E-state index is 12.1. The molecule has 1 aromatic heterocycles. The van der Waals surface area contributed by atoms with Crippen molar-refractivity contribution in [3.63, 3.8) is 0 Å². The summed E-state index contributed by atoms with van der Waals surface area (Å²) in [5, 5.41) is 12.9. The van der Waals surface area contributed by atoms with E-state index in [-0.39, 0.29) is 12.5 Å². The summed E-state index contributed by atoms with van der Waals surface area (Å²) < 4.78 is 0. The normalized spacial score (nSPS) is 13.9. The Hall–Kier alpha value is -1.34. The first kappa shape index (κ1) is 15.7. The SMILES string of the molecule is CCC(C)(O)CNC(=O)c1c(SC)nc(=O)[nH]c1C. The summed E-state index contributed by atoms with van der Waals surface area (Å²) in [4.78, 5) is 29.6. The smallest absolute Gasteiger partial charge is 0.346 e. The number of aryl methyl sites for hydroxylation is 1. The molecule has 7 heteroatoms. The molecule has 1 unspecified atom stereocenters. The van der Waals surface area contributed by atoms with Crippen LogP contribution in [-0.2, 0) is 0 Å². The van der Waals surface area contributed by atoms with Crippen molar-refractivity contribution in [2.45, 2.75) is 37.8 Å². The van der Waals surface area contributed by atoms with Crippen LogP contribution in [0.25, 0.3) is 0 Å². The predicted octanol–water partition coefficient (Wildman–Crippen LogP) is 0.691. The first-order valence-electron chi connectivity index (χ1n) is 5.96. The minimum absolute atomic E-state index is 0.148. The van der Waals surface area contributed by atoms with Crippen molar-refractivity contribution in [1.29, 1.82) is 0 Å². The molecule has 6 nitrogen and oxygen atoms in total. The van der Waals surface area contributed by atoms with Gasteiger partial charge in [0.2, 0.25) is 0 Å². The molecule has 1 heterocycles. The Morgan fingerprint density at radius 3 is 2.74 bits per heavy atom. The van der Waals surface area contributed by atoms with E-state index in [2.05, 4.69) is 15.3 Å². The summed E-state index contributed by atoms with van der Waals surface area (Å²) in [5.74, 6) is -0.348. The highest BCUT2D eigenvalue weighted by atomic mass is 32.2. The molecule has 0 aliphatic rings. The number of hydrogen-bond donors (Lipinski definition) is 3. The Balaban J connectivity index is 2.97. The Kier molecular flexibility index (Phi) is 5.13. The molecule has 0 fully saturated rings. The van der Waals surface area contributed by atoms with E-state index in [1.807, 2.05) is 6.92 Å². The van der Waals surface area contributed by atoms with Gasteiger partial charge in [-0.15, -0.1) is 11.8 Å². The van der Waals surface area contributed by atoms with Crippen LogP contribution >= 0.6 is 11.8 Å². The van der Waals surface area contributed by atoms with Gasteiger partial charge < -0.3 is 15.4 Å². The quantitative estimate of drug-likeness (QED) is 0.546. The maximum Gasteiger partial charge on any atom is 0.346 e. The molecule has 19 heavy (non-hydrogen) atoms. The third-order valence-corrected chi connectivity index (χ3v) is 3.58. The lowest BCUT2D eigenvalue weighted by Gasteiger charge is -2.22. The number of rotatable bonds is 5. The molecule has 1 amide bonds. The first-order valence-corrected chi connectivity index (χ1v) is 7.18. The number of amides is 1. The number of nitrogens with zero attached hydrogens (tertiary/aromatic N) is 1. The highest BCUT2D eigenvalue weighted by Crippen LogP contribution is 2.18. The van der Waals surface area contributed by atoms with Crippen LogP contribution in [0.2, 0.25) is 0 Å². The number of carbonyl (C=O) groups is 1. The van der Waals surface area contributed by atoms with E-state index in [0.29, 0.717) is 22.7 Å². The third kappa shape index (κ3) is 4.07. The number of carbonyl (C=O) groups excluding carboxylic acids is 1. The molecular weight excluding hydrogens is 266 g/mol. The zero-order valence-electron chi connectivity index (χ0n) is 11.5. The zero-order valence-corrected chi connectivity index (χ0v) is 12.3. The van der Waals surface area contributed by atoms with Gasteiger partial charge in [-0.05, 0) is 26.5 Å². The predicted molar refractivity (Wildman–Crippen MR) is 74.6 cm³/mol. The van der Waals surface area contributed by atoms with Crippen molar-refractivity contribution in [1.82, 2.24) is 15.3 Å². The summed E-state index contributed by atoms with van der Waals surface area (Å²) >= 11 is 1.24. The number of thioether (sulfide) groups is 1. The molecule has 3 N–H and O–H groups in total. The molecule has 0 saturated heterocycles. The monoisotopic (exact) mass is 285 g/mol.